The molecule has 7 heteroatoms. The first-order valence-corrected chi connectivity index (χ1v) is 6.60. The van der Waals surface area contributed by atoms with Crippen LogP contribution in [0.2, 0.25) is 0 Å². The van der Waals surface area contributed by atoms with Gasteiger partial charge < -0.3 is 11.5 Å². The van der Waals surface area contributed by atoms with Crippen LogP contribution in [0.4, 0.5) is 0 Å². The van der Waals surface area contributed by atoms with Gasteiger partial charge in [-0.25, -0.2) is 4.99 Å². The van der Waals surface area contributed by atoms with Gasteiger partial charge in [0, 0.05) is 5.41 Å². The van der Waals surface area contributed by atoms with Crippen molar-refractivity contribution in [3.8, 4) is 0 Å². The molecular formula is C9H21N3O3S. The molecule has 1 atom stereocenters. The van der Waals surface area contributed by atoms with Crippen molar-refractivity contribution in [2.75, 3.05) is 5.75 Å². The number of nitrogens with zero attached hydrogens (tertiary/aromatic N) is 1. The molecular weight excluding hydrogens is 230 g/mol. The van der Waals surface area contributed by atoms with E-state index in [0.29, 0.717) is 0 Å². The van der Waals surface area contributed by atoms with Gasteiger partial charge >= 0.3 is 0 Å². The van der Waals surface area contributed by atoms with Gasteiger partial charge in [0.1, 0.15) is 0 Å². The number of aliphatic imine (C=N–C) groups is 1. The first-order chi connectivity index (χ1) is 6.96. The summed E-state index contributed by atoms with van der Waals surface area (Å²) in [5.41, 5.74) is 9.88. The van der Waals surface area contributed by atoms with E-state index in [0.717, 1.165) is 0 Å². The Balaban J connectivity index is 5.13. The molecule has 96 valence electrons. The molecule has 0 saturated carbocycles. The summed E-state index contributed by atoms with van der Waals surface area (Å²) < 4.78 is 30.7. The van der Waals surface area contributed by atoms with E-state index in [1.807, 2.05) is 13.8 Å². The number of rotatable bonds is 5. The highest BCUT2D eigenvalue weighted by molar-refractivity contribution is 7.85. The van der Waals surface area contributed by atoms with Gasteiger partial charge in [0.05, 0.1) is 11.8 Å². The average Bonchev–Trinajstić information content (AvgIpc) is 1.93. The molecule has 0 aliphatic rings. The molecule has 0 fully saturated rings. The number of hydrogen-bond acceptors (Lipinski definition) is 3. The standard InChI is InChI=1S/C9H21N3O3S/c1-6(2)7(12-8(10)11)9(3,4)5-16(13,14)15/h6-7H,5H2,1-4H3,(H4,10,11,12)(H,13,14,15). The minimum absolute atomic E-state index is 0.0684. The Bertz CT molecular complexity index is 356. The van der Waals surface area contributed by atoms with E-state index in [4.69, 9.17) is 16.0 Å². The fraction of sp³-hybridized carbons (Fsp3) is 0.889. The highest BCUT2D eigenvalue weighted by atomic mass is 32.2. The zero-order valence-corrected chi connectivity index (χ0v) is 11.0. The average molecular weight is 251 g/mol. The van der Waals surface area contributed by atoms with Crippen LogP contribution in [0.5, 0.6) is 0 Å². The molecule has 1 unspecified atom stereocenters. The second kappa shape index (κ2) is 5.01. The van der Waals surface area contributed by atoms with Crippen LogP contribution in [0.1, 0.15) is 27.7 Å². The van der Waals surface area contributed by atoms with Crippen molar-refractivity contribution < 1.29 is 13.0 Å². The molecule has 0 aromatic carbocycles. The Labute approximate surface area is 96.9 Å². The van der Waals surface area contributed by atoms with E-state index < -0.39 is 15.5 Å². The Morgan fingerprint density at radius 2 is 1.81 bits per heavy atom. The molecule has 0 heterocycles. The highest BCUT2D eigenvalue weighted by Gasteiger charge is 2.35. The van der Waals surface area contributed by atoms with Crippen molar-refractivity contribution in [1.82, 2.24) is 0 Å². The van der Waals surface area contributed by atoms with E-state index in [9.17, 15) is 8.42 Å². The minimum atomic E-state index is -4.05. The third-order valence-electron chi connectivity index (χ3n) is 2.27. The maximum absolute atomic E-state index is 10.9. The Morgan fingerprint density at radius 1 is 1.38 bits per heavy atom. The summed E-state index contributed by atoms with van der Waals surface area (Å²) in [6.45, 7) is 7.20. The lowest BCUT2D eigenvalue weighted by Crippen LogP contribution is -2.40. The summed E-state index contributed by atoms with van der Waals surface area (Å²) in [5.74, 6) is -0.388. The van der Waals surface area contributed by atoms with Crippen LogP contribution in [-0.4, -0.2) is 30.7 Å². The smallest absolute Gasteiger partial charge is 0.265 e. The third kappa shape index (κ3) is 5.32. The third-order valence-corrected chi connectivity index (χ3v) is 3.38. The fourth-order valence-corrected chi connectivity index (χ4v) is 3.05. The monoisotopic (exact) mass is 251 g/mol. The molecule has 0 aliphatic heterocycles. The van der Waals surface area contributed by atoms with Gasteiger partial charge in [0.2, 0.25) is 0 Å². The van der Waals surface area contributed by atoms with Gasteiger partial charge in [-0.1, -0.05) is 27.7 Å². The molecule has 0 aromatic rings. The van der Waals surface area contributed by atoms with Crippen molar-refractivity contribution >= 4 is 16.1 Å². The molecule has 0 saturated heterocycles. The quantitative estimate of drug-likeness (QED) is 0.366. The number of hydrogen-bond donors (Lipinski definition) is 3. The molecule has 0 bridgehead atoms. The topological polar surface area (TPSA) is 119 Å². The van der Waals surface area contributed by atoms with E-state index in [1.54, 1.807) is 13.8 Å². The SMILES string of the molecule is CC(C)C(N=C(N)N)C(C)(C)CS(=O)(=O)O. The minimum Gasteiger partial charge on any atom is -0.370 e. The lowest BCUT2D eigenvalue weighted by Gasteiger charge is -2.33. The summed E-state index contributed by atoms with van der Waals surface area (Å²) in [6, 6.07) is -0.362. The van der Waals surface area contributed by atoms with Crippen LogP contribution >= 0.6 is 0 Å². The van der Waals surface area contributed by atoms with Gasteiger partial charge in [-0.15, -0.1) is 0 Å². The zero-order chi connectivity index (χ0) is 13.1. The molecule has 0 spiro atoms. The maximum atomic E-state index is 10.9. The van der Waals surface area contributed by atoms with Gasteiger partial charge in [-0.2, -0.15) is 8.42 Å². The van der Waals surface area contributed by atoms with E-state index in [-0.39, 0.29) is 23.7 Å². The maximum Gasteiger partial charge on any atom is 0.265 e. The van der Waals surface area contributed by atoms with Gasteiger partial charge in [0.25, 0.3) is 10.1 Å². The first kappa shape index (κ1) is 15.2. The van der Waals surface area contributed by atoms with E-state index >= 15 is 0 Å². The molecule has 0 aromatic heterocycles. The van der Waals surface area contributed by atoms with Gasteiger partial charge in [-0.05, 0) is 5.92 Å². The zero-order valence-electron chi connectivity index (χ0n) is 10.1. The van der Waals surface area contributed by atoms with Crippen molar-refractivity contribution in [3.63, 3.8) is 0 Å². The van der Waals surface area contributed by atoms with Crippen molar-refractivity contribution in [1.29, 1.82) is 0 Å². The lowest BCUT2D eigenvalue weighted by atomic mass is 9.80. The van der Waals surface area contributed by atoms with Crippen LogP contribution < -0.4 is 11.5 Å². The van der Waals surface area contributed by atoms with Gasteiger partial charge in [-0.3, -0.25) is 4.55 Å². The predicted octanol–water partition coefficient (Wildman–Crippen LogP) is 0.198. The largest absolute Gasteiger partial charge is 0.370 e. The molecule has 5 N–H and O–H groups in total. The summed E-state index contributed by atoms with van der Waals surface area (Å²) in [4.78, 5) is 4.03. The molecule has 16 heavy (non-hydrogen) atoms. The fourth-order valence-electron chi connectivity index (χ4n) is 1.94. The molecule has 0 rings (SSSR count). The summed E-state index contributed by atoms with van der Waals surface area (Å²) in [5, 5.41) is 0. The first-order valence-electron chi connectivity index (χ1n) is 4.99. The Morgan fingerprint density at radius 3 is 2.06 bits per heavy atom. The molecule has 6 nitrogen and oxygen atoms in total. The van der Waals surface area contributed by atoms with Crippen LogP contribution in [-0.2, 0) is 10.1 Å². The van der Waals surface area contributed by atoms with E-state index in [1.165, 1.54) is 0 Å². The lowest BCUT2D eigenvalue weighted by molar-refractivity contribution is 0.259. The summed E-state index contributed by atoms with van der Waals surface area (Å²) in [7, 11) is -4.05. The molecule has 0 radical (unpaired) electrons. The van der Waals surface area contributed by atoms with Crippen LogP contribution in [0, 0.1) is 11.3 Å². The number of guanidine groups is 1. The van der Waals surface area contributed by atoms with Crippen LogP contribution in [0.3, 0.4) is 0 Å². The summed E-state index contributed by atoms with van der Waals surface area (Å²) in [6.07, 6.45) is 0. The van der Waals surface area contributed by atoms with Crippen molar-refractivity contribution in [3.05, 3.63) is 0 Å². The Kier molecular flexibility index (Phi) is 4.75. The van der Waals surface area contributed by atoms with Crippen molar-refractivity contribution in [2.45, 2.75) is 33.7 Å². The molecule has 0 amide bonds. The van der Waals surface area contributed by atoms with Crippen molar-refractivity contribution in [2.24, 2.45) is 27.8 Å². The molecule has 0 aliphatic carbocycles. The van der Waals surface area contributed by atoms with E-state index in [2.05, 4.69) is 4.99 Å². The van der Waals surface area contributed by atoms with Crippen LogP contribution in [0.15, 0.2) is 4.99 Å². The number of nitrogens with two attached hydrogens (primary N) is 2. The second-order valence-electron chi connectivity index (χ2n) is 4.96. The second-order valence-corrected chi connectivity index (χ2v) is 6.41. The normalized spacial score (nSPS) is 14.9. The summed E-state index contributed by atoms with van der Waals surface area (Å²) >= 11 is 0. The predicted molar refractivity (Wildman–Crippen MR) is 64.6 cm³/mol. The van der Waals surface area contributed by atoms with Gasteiger partial charge in [0.15, 0.2) is 5.96 Å². The van der Waals surface area contributed by atoms with Crippen LogP contribution in [0.25, 0.3) is 0 Å². The highest BCUT2D eigenvalue weighted by Crippen LogP contribution is 2.30. The Hall–Kier alpha value is -0.820.